The molecule has 0 saturated heterocycles. The highest BCUT2D eigenvalue weighted by atomic mass is 35.9. The predicted octanol–water partition coefficient (Wildman–Crippen LogP) is 4.51. The first kappa shape index (κ1) is 12.6. The van der Waals surface area contributed by atoms with E-state index in [0.29, 0.717) is 6.61 Å². The molecule has 0 atom stereocenters. The molecule has 0 fully saturated rings. The first-order chi connectivity index (χ1) is 5.45. The molecule has 0 N–H and O–H groups in total. The number of halogens is 3. The molecule has 0 rings (SSSR count). The van der Waals surface area contributed by atoms with Crippen LogP contribution in [0, 0.1) is 0 Å². The normalized spacial score (nSPS) is 13.2. The van der Waals surface area contributed by atoms with Crippen molar-refractivity contribution in [2.45, 2.75) is 19.8 Å². The minimum atomic E-state index is -3.25. The van der Waals surface area contributed by atoms with Crippen molar-refractivity contribution < 1.29 is 9.30 Å². The lowest BCUT2D eigenvalue weighted by atomic mass is 10.4. The number of rotatable bonds is 5. The van der Waals surface area contributed by atoms with Gasteiger partial charge < -0.3 is 4.74 Å². The van der Waals surface area contributed by atoms with Gasteiger partial charge in [-0.15, -0.1) is 0 Å². The molecule has 0 aromatic heterocycles. The van der Waals surface area contributed by atoms with Gasteiger partial charge in [0.15, 0.2) is 5.22 Å². The van der Waals surface area contributed by atoms with Gasteiger partial charge in [0.05, 0.1) is 12.4 Å². The third-order valence-electron chi connectivity index (χ3n) is 0.990. The van der Waals surface area contributed by atoms with Crippen LogP contribution < -0.4 is 0 Å². The van der Waals surface area contributed by atoms with Crippen molar-refractivity contribution in [3.05, 3.63) is 11.0 Å². The lowest BCUT2D eigenvalue weighted by Crippen LogP contribution is -1.88. The monoisotopic (exact) mass is 250 g/mol. The molecule has 0 radical (unpaired) electrons. The molecular weight excluding hydrogens is 241 g/mol. The Bertz CT molecular complexity index is 199. The summed E-state index contributed by atoms with van der Waals surface area (Å²) >= 11 is 15.9. The molecular formula is C6H10Cl3O2P. The highest BCUT2D eigenvalue weighted by Gasteiger charge is 2.10. The van der Waals surface area contributed by atoms with Gasteiger partial charge in [-0.2, -0.15) is 0 Å². The summed E-state index contributed by atoms with van der Waals surface area (Å²) in [4.78, 5) is 0. The zero-order chi connectivity index (χ0) is 9.61. The second-order valence-electron chi connectivity index (χ2n) is 2.14. The van der Waals surface area contributed by atoms with Gasteiger partial charge in [0.2, 0.25) is 0 Å². The van der Waals surface area contributed by atoms with Gasteiger partial charge in [0.25, 0.3) is 5.85 Å². The Morgan fingerprint density at radius 1 is 1.58 bits per heavy atom. The van der Waals surface area contributed by atoms with Crippen LogP contribution in [-0.4, -0.2) is 6.61 Å². The molecule has 0 aromatic carbocycles. The topological polar surface area (TPSA) is 26.3 Å². The summed E-state index contributed by atoms with van der Waals surface area (Å²) in [5.41, 5.74) is 0. The van der Waals surface area contributed by atoms with Gasteiger partial charge in [0.1, 0.15) is 0 Å². The maximum Gasteiger partial charge on any atom is 0.279 e. The summed E-state index contributed by atoms with van der Waals surface area (Å²) in [5.74, 6) is -2.22. The molecule has 0 bridgehead atoms. The summed E-state index contributed by atoms with van der Waals surface area (Å²) in [5, 5.41) is -0.00298. The van der Waals surface area contributed by atoms with E-state index in [2.05, 4.69) is 0 Å². The lowest BCUT2D eigenvalue weighted by molar-refractivity contribution is 0.231. The van der Waals surface area contributed by atoms with Crippen LogP contribution in [0.2, 0.25) is 0 Å². The fourth-order valence-electron chi connectivity index (χ4n) is 0.469. The Morgan fingerprint density at radius 3 is 2.58 bits per heavy atom. The first-order valence-corrected chi connectivity index (χ1v) is 7.42. The molecule has 72 valence electrons. The number of hydrogen-bond acceptors (Lipinski definition) is 2. The van der Waals surface area contributed by atoms with E-state index in [9.17, 15) is 4.57 Å². The first-order valence-electron chi connectivity index (χ1n) is 3.46. The third-order valence-corrected chi connectivity index (χ3v) is 2.48. The molecule has 0 aliphatic rings. The average molecular weight is 251 g/mol. The smallest absolute Gasteiger partial charge is 0.279 e. The van der Waals surface area contributed by atoms with E-state index in [4.69, 9.17) is 38.8 Å². The van der Waals surface area contributed by atoms with Crippen molar-refractivity contribution in [3.8, 4) is 0 Å². The van der Waals surface area contributed by atoms with Crippen LogP contribution in [0.3, 0.4) is 0 Å². The average Bonchev–Trinajstić information content (AvgIpc) is 1.84. The molecule has 12 heavy (non-hydrogen) atoms. The zero-order valence-corrected chi connectivity index (χ0v) is 9.76. The van der Waals surface area contributed by atoms with Crippen molar-refractivity contribution in [1.82, 2.24) is 0 Å². The Labute approximate surface area is 86.8 Å². The van der Waals surface area contributed by atoms with Crippen LogP contribution in [0.15, 0.2) is 11.0 Å². The van der Waals surface area contributed by atoms with Gasteiger partial charge in [0, 0.05) is 0 Å². The lowest BCUT2D eigenvalue weighted by Gasteiger charge is -2.02. The second-order valence-corrected chi connectivity index (χ2v) is 7.31. The molecule has 0 aliphatic carbocycles. The van der Waals surface area contributed by atoms with Crippen LogP contribution in [0.25, 0.3) is 0 Å². The van der Waals surface area contributed by atoms with E-state index in [0.717, 1.165) is 18.7 Å². The van der Waals surface area contributed by atoms with Crippen molar-refractivity contribution in [3.63, 3.8) is 0 Å². The maximum absolute atomic E-state index is 10.7. The molecule has 0 saturated carbocycles. The Morgan fingerprint density at radius 2 is 2.17 bits per heavy atom. The van der Waals surface area contributed by atoms with Crippen molar-refractivity contribution in [2.24, 2.45) is 0 Å². The molecule has 2 nitrogen and oxygen atoms in total. The van der Waals surface area contributed by atoms with E-state index in [1.54, 1.807) is 0 Å². The Kier molecular flexibility index (Phi) is 6.48. The van der Waals surface area contributed by atoms with Gasteiger partial charge in [-0.3, -0.25) is 4.57 Å². The molecule has 0 aliphatic heterocycles. The summed E-state index contributed by atoms with van der Waals surface area (Å²) in [6.45, 7) is 2.51. The number of unbranched alkanes of at least 4 members (excludes halogenated alkanes) is 1. The number of hydrogen-bond donors (Lipinski definition) is 0. The Hall–Kier alpha value is 0.640. The second kappa shape index (κ2) is 6.15. The number of ether oxygens (including phenoxy) is 1. The third kappa shape index (κ3) is 8.73. The van der Waals surface area contributed by atoms with Gasteiger partial charge in [-0.25, -0.2) is 0 Å². The van der Waals surface area contributed by atoms with Crippen LogP contribution in [0.1, 0.15) is 19.8 Å². The molecule has 0 heterocycles. The molecule has 0 unspecified atom stereocenters. The van der Waals surface area contributed by atoms with Gasteiger partial charge in [-0.1, -0.05) is 13.3 Å². The van der Waals surface area contributed by atoms with Gasteiger partial charge in [-0.05, 0) is 40.5 Å². The van der Waals surface area contributed by atoms with E-state index in [1.165, 1.54) is 0 Å². The minimum absolute atomic E-state index is 0.00298. The maximum atomic E-state index is 10.7. The van der Waals surface area contributed by atoms with Crippen LogP contribution >= 0.6 is 39.9 Å². The van der Waals surface area contributed by atoms with Crippen LogP contribution in [-0.2, 0) is 9.30 Å². The fraction of sp³-hybridized carbons (Fsp3) is 0.667. The van der Waals surface area contributed by atoms with Crippen molar-refractivity contribution >= 4 is 39.9 Å². The minimum Gasteiger partial charge on any atom is -0.483 e. The highest BCUT2D eigenvalue weighted by molar-refractivity contribution is 8.10. The summed E-state index contributed by atoms with van der Waals surface area (Å²) < 4.78 is 15.7. The van der Waals surface area contributed by atoms with E-state index in [-0.39, 0.29) is 5.22 Å². The quantitative estimate of drug-likeness (QED) is 0.408. The largest absolute Gasteiger partial charge is 0.483 e. The van der Waals surface area contributed by atoms with E-state index >= 15 is 0 Å². The molecule has 0 amide bonds. The summed E-state index contributed by atoms with van der Waals surface area (Å²) in [7, 11) is 0. The summed E-state index contributed by atoms with van der Waals surface area (Å²) in [6.07, 6.45) is 1.89. The van der Waals surface area contributed by atoms with Crippen molar-refractivity contribution in [1.29, 1.82) is 0 Å². The Balaban J connectivity index is 3.79. The van der Waals surface area contributed by atoms with Crippen LogP contribution in [0.4, 0.5) is 0 Å². The predicted molar refractivity (Wildman–Crippen MR) is 54.1 cm³/mol. The fourth-order valence-corrected chi connectivity index (χ4v) is 2.10. The van der Waals surface area contributed by atoms with Crippen LogP contribution in [0.5, 0.6) is 0 Å². The summed E-state index contributed by atoms with van der Waals surface area (Å²) in [6, 6.07) is 0. The molecule has 6 heteroatoms. The highest BCUT2D eigenvalue weighted by Crippen LogP contribution is 2.59. The van der Waals surface area contributed by atoms with E-state index < -0.39 is 5.85 Å². The SMILES string of the molecule is CCCCO/C(Cl)=C/P(=O)(Cl)Cl. The molecule has 0 spiro atoms. The van der Waals surface area contributed by atoms with Crippen molar-refractivity contribution in [2.75, 3.05) is 6.61 Å². The molecule has 0 aromatic rings. The zero-order valence-electron chi connectivity index (χ0n) is 6.60. The van der Waals surface area contributed by atoms with Gasteiger partial charge >= 0.3 is 0 Å². The standard InChI is InChI=1S/C6H10Cl3O2P/c1-2-3-4-11-6(7)5-12(8,9)10/h5H,2-4H2,1H3/b6-5+. The van der Waals surface area contributed by atoms with E-state index in [1.807, 2.05) is 6.92 Å².